The summed E-state index contributed by atoms with van der Waals surface area (Å²) in [7, 11) is 0. The van der Waals surface area contributed by atoms with Crippen LogP contribution in [-0.4, -0.2) is 30.7 Å². The first-order valence-corrected chi connectivity index (χ1v) is 6.49. The summed E-state index contributed by atoms with van der Waals surface area (Å²) in [6.45, 7) is 1.49. The van der Waals surface area contributed by atoms with E-state index in [2.05, 4.69) is 0 Å². The van der Waals surface area contributed by atoms with Crippen LogP contribution in [0, 0.1) is 0 Å². The molecular formula is C13H18ClF3N2. The Morgan fingerprint density at radius 1 is 1.26 bits per heavy atom. The Kier molecular flexibility index (Phi) is 6.10. The van der Waals surface area contributed by atoms with E-state index < -0.39 is 12.7 Å². The van der Waals surface area contributed by atoms with Crippen molar-refractivity contribution in [3.8, 4) is 0 Å². The summed E-state index contributed by atoms with van der Waals surface area (Å²) < 4.78 is 36.9. The van der Waals surface area contributed by atoms with Crippen LogP contribution < -0.4 is 5.73 Å². The lowest BCUT2D eigenvalue weighted by Crippen LogP contribution is -2.35. The molecule has 0 saturated carbocycles. The highest BCUT2D eigenvalue weighted by atomic mass is 35.5. The lowest BCUT2D eigenvalue weighted by molar-refractivity contribution is -0.145. The molecule has 1 unspecified atom stereocenters. The normalized spacial score (nSPS) is 13.8. The second-order valence-electron chi connectivity index (χ2n) is 4.43. The first-order chi connectivity index (χ1) is 8.81. The minimum atomic E-state index is -4.17. The Morgan fingerprint density at radius 2 is 1.84 bits per heavy atom. The summed E-state index contributed by atoms with van der Waals surface area (Å²) in [5.74, 6) is 0. The third-order valence-corrected chi connectivity index (χ3v) is 3.16. The van der Waals surface area contributed by atoms with Crippen LogP contribution in [0.4, 0.5) is 13.2 Å². The molecule has 1 rings (SSSR count). The van der Waals surface area contributed by atoms with E-state index in [9.17, 15) is 13.2 Å². The second-order valence-corrected chi connectivity index (χ2v) is 4.87. The Morgan fingerprint density at radius 3 is 2.32 bits per heavy atom. The maximum Gasteiger partial charge on any atom is 0.401 e. The monoisotopic (exact) mass is 294 g/mol. The molecular weight excluding hydrogens is 277 g/mol. The molecule has 19 heavy (non-hydrogen) atoms. The lowest BCUT2D eigenvalue weighted by Gasteiger charge is -2.23. The van der Waals surface area contributed by atoms with Crippen LogP contribution in [0.5, 0.6) is 0 Å². The zero-order chi connectivity index (χ0) is 14.5. The molecule has 0 aliphatic carbocycles. The molecule has 1 aromatic carbocycles. The molecule has 6 heteroatoms. The lowest BCUT2D eigenvalue weighted by atomic mass is 10.0. The molecule has 0 aromatic heterocycles. The van der Waals surface area contributed by atoms with Gasteiger partial charge in [-0.3, -0.25) is 4.90 Å². The summed E-state index contributed by atoms with van der Waals surface area (Å²) >= 11 is 5.76. The van der Waals surface area contributed by atoms with E-state index >= 15 is 0 Å². The average molecular weight is 295 g/mol. The largest absolute Gasteiger partial charge is 0.401 e. The smallest absolute Gasteiger partial charge is 0.324 e. The predicted molar refractivity (Wildman–Crippen MR) is 71.2 cm³/mol. The minimum Gasteiger partial charge on any atom is -0.324 e. The van der Waals surface area contributed by atoms with Gasteiger partial charge in [0.25, 0.3) is 0 Å². The zero-order valence-corrected chi connectivity index (χ0v) is 11.5. The van der Waals surface area contributed by atoms with Crippen LogP contribution in [0.2, 0.25) is 5.02 Å². The van der Waals surface area contributed by atoms with Crippen molar-refractivity contribution in [3.05, 3.63) is 34.9 Å². The molecule has 0 spiro atoms. The van der Waals surface area contributed by atoms with Gasteiger partial charge in [0, 0.05) is 17.6 Å². The van der Waals surface area contributed by atoms with Gasteiger partial charge in [-0.1, -0.05) is 30.7 Å². The van der Waals surface area contributed by atoms with Gasteiger partial charge in [-0.15, -0.1) is 0 Å². The summed E-state index contributed by atoms with van der Waals surface area (Å²) in [6, 6.07) is 6.77. The fourth-order valence-electron chi connectivity index (χ4n) is 1.80. The minimum absolute atomic E-state index is 0.278. The highest BCUT2D eigenvalue weighted by Crippen LogP contribution is 2.20. The van der Waals surface area contributed by atoms with Crippen molar-refractivity contribution < 1.29 is 13.2 Å². The van der Waals surface area contributed by atoms with E-state index in [0.717, 1.165) is 5.56 Å². The van der Waals surface area contributed by atoms with E-state index in [1.807, 2.05) is 0 Å². The molecule has 0 radical (unpaired) electrons. The first kappa shape index (κ1) is 16.3. The van der Waals surface area contributed by atoms with Gasteiger partial charge < -0.3 is 5.73 Å². The van der Waals surface area contributed by atoms with Crippen molar-refractivity contribution in [2.75, 3.05) is 19.6 Å². The molecule has 0 saturated heterocycles. The number of hydrogen-bond acceptors (Lipinski definition) is 2. The van der Waals surface area contributed by atoms with E-state index in [-0.39, 0.29) is 6.04 Å². The van der Waals surface area contributed by atoms with Crippen molar-refractivity contribution in [2.24, 2.45) is 5.73 Å². The van der Waals surface area contributed by atoms with Crippen molar-refractivity contribution in [3.63, 3.8) is 0 Å². The molecule has 0 bridgehead atoms. The van der Waals surface area contributed by atoms with Gasteiger partial charge in [-0.25, -0.2) is 0 Å². The number of nitrogens with two attached hydrogens (primary N) is 1. The van der Waals surface area contributed by atoms with E-state index in [1.54, 1.807) is 31.2 Å². The molecule has 108 valence electrons. The molecule has 0 amide bonds. The van der Waals surface area contributed by atoms with E-state index in [0.29, 0.717) is 24.5 Å². The fraction of sp³-hybridized carbons (Fsp3) is 0.538. The summed E-state index contributed by atoms with van der Waals surface area (Å²) in [4.78, 5) is 1.34. The summed E-state index contributed by atoms with van der Waals surface area (Å²) in [5, 5.41) is 0.614. The van der Waals surface area contributed by atoms with Gasteiger partial charge in [0.15, 0.2) is 0 Å². The maximum atomic E-state index is 12.3. The van der Waals surface area contributed by atoms with Gasteiger partial charge >= 0.3 is 6.18 Å². The Labute approximate surface area is 116 Å². The second kappa shape index (κ2) is 7.12. The maximum absolute atomic E-state index is 12.3. The van der Waals surface area contributed by atoms with Crippen molar-refractivity contribution >= 4 is 11.6 Å². The standard InChI is InChI=1S/C13H18ClF3N2/c1-2-19(9-13(15,16)17)8-7-12(18)10-3-5-11(14)6-4-10/h3-6,12H,2,7-9,18H2,1H3. The molecule has 1 aromatic rings. The fourth-order valence-corrected chi connectivity index (χ4v) is 1.93. The SMILES string of the molecule is CCN(CCC(N)c1ccc(Cl)cc1)CC(F)(F)F. The Bertz CT molecular complexity index is 378. The first-order valence-electron chi connectivity index (χ1n) is 6.12. The van der Waals surface area contributed by atoms with Crippen LogP contribution in [0.3, 0.4) is 0 Å². The Hall–Kier alpha value is -0.780. The van der Waals surface area contributed by atoms with E-state index in [1.165, 1.54) is 4.90 Å². The molecule has 2 N–H and O–H groups in total. The molecule has 0 fully saturated rings. The van der Waals surface area contributed by atoms with Gasteiger partial charge in [0.05, 0.1) is 6.54 Å². The molecule has 2 nitrogen and oxygen atoms in total. The van der Waals surface area contributed by atoms with Gasteiger partial charge in [0.2, 0.25) is 0 Å². The van der Waals surface area contributed by atoms with Crippen molar-refractivity contribution in [1.82, 2.24) is 4.90 Å². The van der Waals surface area contributed by atoms with Crippen LogP contribution in [0.15, 0.2) is 24.3 Å². The van der Waals surface area contributed by atoms with Crippen LogP contribution >= 0.6 is 11.6 Å². The Balaban J connectivity index is 2.48. The van der Waals surface area contributed by atoms with Crippen LogP contribution in [0.1, 0.15) is 24.9 Å². The van der Waals surface area contributed by atoms with E-state index in [4.69, 9.17) is 17.3 Å². The van der Waals surface area contributed by atoms with Gasteiger partial charge in [-0.2, -0.15) is 13.2 Å². The molecule has 0 aliphatic heterocycles. The quantitative estimate of drug-likeness (QED) is 0.868. The number of alkyl halides is 3. The summed E-state index contributed by atoms with van der Waals surface area (Å²) in [5.41, 5.74) is 6.84. The van der Waals surface area contributed by atoms with Crippen molar-refractivity contribution in [1.29, 1.82) is 0 Å². The highest BCUT2D eigenvalue weighted by molar-refractivity contribution is 6.30. The van der Waals surface area contributed by atoms with Gasteiger partial charge in [-0.05, 0) is 30.7 Å². The van der Waals surface area contributed by atoms with Crippen molar-refractivity contribution in [2.45, 2.75) is 25.6 Å². The van der Waals surface area contributed by atoms with Crippen LogP contribution in [0.25, 0.3) is 0 Å². The van der Waals surface area contributed by atoms with Gasteiger partial charge in [0.1, 0.15) is 0 Å². The van der Waals surface area contributed by atoms with Crippen LogP contribution in [-0.2, 0) is 0 Å². The third kappa shape index (κ3) is 6.27. The number of hydrogen-bond donors (Lipinski definition) is 1. The zero-order valence-electron chi connectivity index (χ0n) is 10.8. The number of nitrogens with zero attached hydrogens (tertiary/aromatic N) is 1. The third-order valence-electron chi connectivity index (χ3n) is 2.90. The number of rotatable bonds is 6. The summed E-state index contributed by atoms with van der Waals surface area (Å²) in [6.07, 6.45) is -3.69. The number of benzene rings is 1. The molecule has 0 aliphatic rings. The highest BCUT2D eigenvalue weighted by Gasteiger charge is 2.30. The number of halogens is 4. The topological polar surface area (TPSA) is 29.3 Å². The predicted octanol–water partition coefficient (Wildman–Crippen LogP) is 3.61. The molecule has 0 heterocycles. The average Bonchev–Trinajstić information content (AvgIpc) is 2.33. The molecule has 1 atom stereocenters.